The fourth-order valence-electron chi connectivity index (χ4n) is 2.91. The molecule has 0 saturated carbocycles. The Morgan fingerprint density at radius 1 is 1.14 bits per heavy atom. The van der Waals surface area contributed by atoms with Crippen LogP contribution in [0.2, 0.25) is 0 Å². The maximum absolute atomic E-state index is 14.5. The quantitative estimate of drug-likeness (QED) is 0.443. The normalized spacial score (nSPS) is 11.5. The predicted molar refractivity (Wildman–Crippen MR) is 90.8 cm³/mol. The number of nitrogens with zero attached hydrogens (tertiary/aromatic N) is 7. The number of Topliss-reactive ketones (excluding diaryl/α,β-unsaturated/α-hetero) is 1. The molecule has 0 aliphatic carbocycles. The molecule has 0 spiro atoms. The van der Waals surface area contributed by atoms with Crippen molar-refractivity contribution in [3.8, 4) is 17.2 Å². The number of halogens is 2. The summed E-state index contributed by atoms with van der Waals surface area (Å²) in [6.45, 7) is 1.35. The maximum Gasteiger partial charge on any atom is 0.220 e. The van der Waals surface area contributed by atoms with E-state index in [4.69, 9.17) is 4.52 Å². The van der Waals surface area contributed by atoms with Gasteiger partial charge in [0.2, 0.25) is 11.5 Å². The van der Waals surface area contributed by atoms with E-state index in [1.54, 1.807) is 12.1 Å². The molecule has 0 saturated heterocycles. The zero-order valence-electron chi connectivity index (χ0n) is 14.2. The van der Waals surface area contributed by atoms with Crippen LogP contribution in [0.5, 0.6) is 0 Å². The van der Waals surface area contributed by atoms with Crippen molar-refractivity contribution in [3.63, 3.8) is 0 Å². The number of benzene rings is 1. The van der Waals surface area contributed by atoms with Crippen molar-refractivity contribution in [2.24, 2.45) is 0 Å². The lowest BCUT2D eigenvalue weighted by atomic mass is 10.2. The van der Waals surface area contributed by atoms with E-state index < -0.39 is 11.6 Å². The first-order valence-corrected chi connectivity index (χ1v) is 8.05. The van der Waals surface area contributed by atoms with Gasteiger partial charge in [-0.05, 0) is 24.3 Å². The van der Waals surface area contributed by atoms with Crippen molar-refractivity contribution in [1.82, 2.24) is 34.5 Å². The highest BCUT2D eigenvalue weighted by Crippen LogP contribution is 2.28. The van der Waals surface area contributed by atoms with Gasteiger partial charge in [-0.1, -0.05) is 5.16 Å². The van der Waals surface area contributed by atoms with Gasteiger partial charge >= 0.3 is 0 Å². The van der Waals surface area contributed by atoms with E-state index in [1.165, 1.54) is 28.3 Å². The molecule has 0 atom stereocenters. The molecule has 0 radical (unpaired) electrons. The summed E-state index contributed by atoms with van der Waals surface area (Å²) >= 11 is 0. The highest BCUT2D eigenvalue weighted by atomic mass is 19.1. The van der Waals surface area contributed by atoms with Gasteiger partial charge in [0.25, 0.3) is 0 Å². The molecule has 138 valence electrons. The Labute approximate surface area is 154 Å². The van der Waals surface area contributed by atoms with Crippen LogP contribution in [0.25, 0.3) is 34.0 Å². The van der Waals surface area contributed by atoms with E-state index in [-0.39, 0.29) is 28.8 Å². The number of carbonyl (C=O) groups excluding carboxylic acids is 1. The van der Waals surface area contributed by atoms with E-state index in [1.807, 2.05) is 0 Å². The number of fused-ring (bicyclic) bond motifs is 2. The second-order valence-corrected chi connectivity index (χ2v) is 5.96. The fraction of sp³-hybridized carbons (Fsp3) is 0.0588. The third-order valence-electron chi connectivity index (χ3n) is 4.14. The van der Waals surface area contributed by atoms with Crippen LogP contribution in [-0.2, 0) is 0 Å². The Hall–Kier alpha value is -4.02. The molecule has 28 heavy (non-hydrogen) atoms. The third kappa shape index (κ3) is 2.29. The Kier molecular flexibility index (Phi) is 3.32. The Balaban J connectivity index is 1.80. The zero-order valence-corrected chi connectivity index (χ0v) is 14.2. The van der Waals surface area contributed by atoms with Gasteiger partial charge in [-0.25, -0.2) is 13.8 Å². The van der Waals surface area contributed by atoms with Gasteiger partial charge in [-0.2, -0.15) is 9.61 Å². The van der Waals surface area contributed by atoms with Crippen molar-refractivity contribution in [2.45, 2.75) is 6.92 Å². The number of rotatable bonds is 3. The molecular weight excluding hydrogens is 372 g/mol. The van der Waals surface area contributed by atoms with Crippen LogP contribution in [-0.4, -0.2) is 40.3 Å². The van der Waals surface area contributed by atoms with Crippen molar-refractivity contribution in [3.05, 3.63) is 54.1 Å². The second-order valence-electron chi connectivity index (χ2n) is 5.96. The summed E-state index contributed by atoms with van der Waals surface area (Å²) in [4.78, 5) is 16.1. The number of hydrogen-bond donors (Lipinski definition) is 0. The minimum absolute atomic E-state index is 0.0187. The number of imidazole rings is 1. The zero-order chi connectivity index (χ0) is 19.4. The highest BCUT2D eigenvalue weighted by Gasteiger charge is 2.22. The van der Waals surface area contributed by atoms with Crippen molar-refractivity contribution in [1.29, 1.82) is 0 Å². The summed E-state index contributed by atoms with van der Waals surface area (Å²) in [7, 11) is 0. The fourth-order valence-corrected chi connectivity index (χ4v) is 2.91. The molecule has 0 bridgehead atoms. The lowest BCUT2D eigenvalue weighted by Gasteiger charge is -2.09. The van der Waals surface area contributed by atoms with Gasteiger partial charge in [0.1, 0.15) is 17.3 Å². The summed E-state index contributed by atoms with van der Waals surface area (Å²) in [6.07, 6.45) is 1.30. The van der Waals surface area contributed by atoms with Gasteiger partial charge < -0.3 is 4.52 Å². The molecule has 4 heterocycles. The summed E-state index contributed by atoms with van der Waals surface area (Å²) in [5.74, 6) is -1.56. The van der Waals surface area contributed by atoms with Gasteiger partial charge in [-0.15, -0.1) is 10.2 Å². The van der Waals surface area contributed by atoms with E-state index in [9.17, 15) is 13.6 Å². The monoisotopic (exact) mass is 381 g/mol. The molecular formula is C17H9F2N7O2. The summed E-state index contributed by atoms with van der Waals surface area (Å²) in [5, 5.41) is 15.9. The minimum atomic E-state index is -0.807. The van der Waals surface area contributed by atoms with E-state index in [0.29, 0.717) is 16.9 Å². The molecule has 5 aromatic rings. The molecule has 0 aliphatic rings. The molecule has 0 amide bonds. The van der Waals surface area contributed by atoms with E-state index in [2.05, 4.69) is 25.4 Å². The lowest BCUT2D eigenvalue weighted by Crippen LogP contribution is -2.07. The first-order valence-electron chi connectivity index (χ1n) is 8.05. The second kappa shape index (κ2) is 5.74. The molecule has 9 nitrogen and oxygen atoms in total. The molecule has 0 unspecified atom stereocenters. The molecule has 11 heteroatoms. The van der Waals surface area contributed by atoms with E-state index in [0.717, 1.165) is 12.1 Å². The van der Waals surface area contributed by atoms with Crippen LogP contribution < -0.4 is 0 Å². The van der Waals surface area contributed by atoms with E-state index >= 15 is 0 Å². The molecule has 0 N–H and O–H groups in total. The average Bonchev–Trinajstić information content (AvgIpc) is 3.35. The molecule has 4 aromatic heterocycles. The van der Waals surface area contributed by atoms with Crippen molar-refractivity contribution in [2.75, 3.05) is 0 Å². The predicted octanol–water partition coefficient (Wildman–Crippen LogP) is 2.60. The maximum atomic E-state index is 14.5. The lowest BCUT2D eigenvalue weighted by molar-refractivity contribution is 0.100. The Morgan fingerprint density at radius 2 is 2.00 bits per heavy atom. The van der Waals surface area contributed by atoms with Crippen molar-refractivity contribution < 1.29 is 18.1 Å². The Morgan fingerprint density at radius 3 is 2.79 bits per heavy atom. The number of carbonyl (C=O) groups is 1. The standard InChI is InChI=1S/C17H9F2N7O2/c1-8(27)15-22-21-14-5-3-11(23-26(14)15)16-20-12-7-28-24-17(12)25(16)13-4-2-9(18)6-10(13)19/h2-7H,1H3. The number of hydrogen-bond acceptors (Lipinski definition) is 7. The molecule has 0 aliphatic heterocycles. The largest absolute Gasteiger partial charge is 0.360 e. The van der Waals surface area contributed by atoms with Crippen LogP contribution in [0.3, 0.4) is 0 Å². The molecule has 0 fully saturated rings. The average molecular weight is 381 g/mol. The number of ketones is 1. The third-order valence-corrected chi connectivity index (χ3v) is 4.14. The smallest absolute Gasteiger partial charge is 0.220 e. The highest BCUT2D eigenvalue weighted by molar-refractivity contribution is 5.91. The van der Waals surface area contributed by atoms with Gasteiger partial charge in [0.15, 0.2) is 29.0 Å². The first kappa shape index (κ1) is 16.2. The van der Waals surface area contributed by atoms with Gasteiger partial charge in [0, 0.05) is 13.0 Å². The van der Waals surface area contributed by atoms with Crippen LogP contribution in [0.4, 0.5) is 8.78 Å². The van der Waals surface area contributed by atoms with Crippen molar-refractivity contribution >= 4 is 22.6 Å². The van der Waals surface area contributed by atoms with Crippen LogP contribution in [0, 0.1) is 11.6 Å². The Bertz CT molecular complexity index is 1390. The topological polar surface area (TPSA) is 104 Å². The summed E-state index contributed by atoms with van der Waals surface area (Å²) in [5.41, 5.74) is 1.28. The summed E-state index contributed by atoms with van der Waals surface area (Å²) in [6, 6.07) is 6.35. The van der Waals surface area contributed by atoms with Crippen LogP contribution >= 0.6 is 0 Å². The van der Waals surface area contributed by atoms with Crippen LogP contribution in [0.15, 0.2) is 41.1 Å². The molecule has 1 aromatic carbocycles. The van der Waals surface area contributed by atoms with Crippen LogP contribution in [0.1, 0.15) is 17.5 Å². The van der Waals surface area contributed by atoms with Gasteiger partial charge in [0.05, 0.1) is 5.69 Å². The summed E-state index contributed by atoms with van der Waals surface area (Å²) < 4.78 is 35.4. The minimum Gasteiger partial charge on any atom is -0.360 e. The van der Waals surface area contributed by atoms with Gasteiger partial charge in [-0.3, -0.25) is 9.36 Å². The SMILES string of the molecule is CC(=O)c1nnc2ccc(-c3nc4conc4n3-c3ccc(F)cc3F)nn12. The molecule has 5 rings (SSSR count). The number of aromatic nitrogens is 7. The first-order chi connectivity index (χ1) is 13.5.